The molecule has 0 atom stereocenters. The molecule has 0 bridgehead atoms. The molecule has 0 saturated carbocycles. The molecule has 1 heterocycles. The van der Waals surface area contributed by atoms with E-state index in [-0.39, 0.29) is 17.5 Å². The summed E-state index contributed by atoms with van der Waals surface area (Å²) in [4.78, 5) is 19.4. The summed E-state index contributed by atoms with van der Waals surface area (Å²) >= 11 is 4.25. The van der Waals surface area contributed by atoms with Gasteiger partial charge in [-0.1, -0.05) is 12.1 Å². The van der Waals surface area contributed by atoms with Gasteiger partial charge < -0.3 is 10.6 Å². The van der Waals surface area contributed by atoms with Crippen LogP contribution in [0.15, 0.2) is 64.8 Å². The van der Waals surface area contributed by atoms with Gasteiger partial charge in [0, 0.05) is 16.3 Å². The molecule has 0 aliphatic carbocycles. The Bertz CT molecular complexity index is 890. The maximum Gasteiger partial charge on any atom is 0.229 e. The first-order chi connectivity index (χ1) is 11.6. The Morgan fingerprint density at radius 3 is 2.54 bits per heavy atom. The number of thiol groups is 1. The fourth-order valence-electron chi connectivity index (χ4n) is 2.00. The molecule has 1 aromatic heterocycles. The lowest BCUT2D eigenvalue weighted by molar-refractivity contribution is 0.619. The number of nitrogens with one attached hydrogen (secondary N) is 2. The second-order valence-corrected chi connectivity index (χ2v) is 5.35. The normalized spacial score (nSPS) is 10.2. The summed E-state index contributed by atoms with van der Waals surface area (Å²) in [6, 6.07) is 13.6. The number of hydrogen-bond donors (Lipinski definition) is 3. The number of nitroso groups, excluding NO2 is 1. The zero-order valence-corrected chi connectivity index (χ0v) is 13.2. The largest absolute Gasteiger partial charge is 0.338 e. The lowest BCUT2D eigenvalue weighted by Gasteiger charge is -2.10. The lowest BCUT2D eigenvalue weighted by atomic mass is 10.3. The number of aromatic nitrogens is 2. The first-order valence-corrected chi connectivity index (χ1v) is 7.38. The van der Waals surface area contributed by atoms with Crippen LogP contribution in [0, 0.1) is 10.7 Å². The van der Waals surface area contributed by atoms with Crippen LogP contribution in [-0.2, 0) is 0 Å². The number of rotatable bonds is 5. The maximum atomic E-state index is 13.9. The molecule has 3 rings (SSSR count). The summed E-state index contributed by atoms with van der Waals surface area (Å²) in [7, 11) is 0. The van der Waals surface area contributed by atoms with Crippen LogP contribution in [0.2, 0.25) is 0 Å². The highest BCUT2D eigenvalue weighted by Crippen LogP contribution is 2.24. The minimum atomic E-state index is -0.618. The van der Waals surface area contributed by atoms with Gasteiger partial charge in [0.25, 0.3) is 0 Å². The van der Waals surface area contributed by atoms with Crippen molar-refractivity contribution >= 4 is 41.5 Å². The predicted molar refractivity (Wildman–Crippen MR) is 94.1 cm³/mol. The Labute approximate surface area is 142 Å². The molecule has 120 valence electrons. The first kappa shape index (κ1) is 15.9. The number of benzene rings is 2. The highest BCUT2D eigenvalue weighted by Gasteiger charge is 2.08. The molecule has 0 saturated heterocycles. The fraction of sp³-hybridized carbons (Fsp3) is 0. The van der Waals surface area contributed by atoms with Crippen molar-refractivity contribution in [1.82, 2.24) is 9.97 Å². The van der Waals surface area contributed by atoms with Gasteiger partial charge in [-0.05, 0) is 41.6 Å². The van der Waals surface area contributed by atoms with Gasteiger partial charge in [-0.3, -0.25) is 0 Å². The fourth-order valence-corrected chi connectivity index (χ4v) is 2.23. The van der Waals surface area contributed by atoms with Crippen LogP contribution in [0.25, 0.3) is 0 Å². The van der Waals surface area contributed by atoms with Crippen molar-refractivity contribution in [2.75, 3.05) is 10.6 Å². The molecule has 0 amide bonds. The Hall–Kier alpha value is -3.00. The molecule has 0 unspecified atom stereocenters. The summed E-state index contributed by atoms with van der Waals surface area (Å²) in [5.74, 6) is -0.409. The Kier molecular flexibility index (Phi) is 4.66. The number of nitrogens with zero attached hydrogens (tertiary/aromatic N) is 3. The van der Waals surface area contributed by atoms with E-state index in [1.807, 2.05) is 18.2 Å². The van der Waals surface area contributed by atoms with Crippen LogP contribution < -0.4 is 10.6 Å². The van der Waals surface area contributed by atoms with E-state index in [1.54, 1.807) is 24.3 Å². The van der Waals surface area contributed by atoms with Gasteiger partial charge in [-0.25, -0.2) is 9.37 Å². The van der Waals surface area contributed by atoms with Crippen molar-refractivity contribution in [1.29, 1.82) is 0 Å². The van der Waals surface area contributed by atoms with Crippen molar-refractivity contribution in [3.8, 4) is 0 Å². The van der Waals surface area contributed by atoms with Gasteiger partial charge in [0.1, 0.15) is 5.69 Å². The van der Waals surface area contributed by atoms with Gasteiger partial charge in [0.05, 0.1) is 6.20 Å². The van der Waals surface area contributed by atoms with Gasteiger partial charge in [0.2, 0.25) is 5.95 Å². The molecule has 8 heteroatoms. The topological polar surface area (TPSA) is 79.3 Å². The lowest BCUT2D eigenvalue weighted by Crippen LogP contribution is -2.03. The quantitative estimate of drug-likeness (QED) is 0.459. The molecule has 0 fully saturated rings. The first-order valence-electron chi connectivity index (χ1n) is 6.93. The van der Waals surface area contributed by atoms with Gasteiger partial charge >= 0.3 is 0 Å². The third-order valence-corrected chi connectivity index (χ3v) is 3.34. The Morgan fingerprint density at radius 2 is 1.79 bits per heavy atom. The van der Waals surface area contributed by atoms with Crippen molar-refractivity contribution < 1.29 is 4.39 Å². The smallest absolute Gasteiger partial charge is 0.229 e. The molecule has 0 aliphatic rings. The zero-order valence-electron chi connectivity index (χ0n) is 12.3. The predicted octanol–water partition coefficient (Wildman–Crippen LogP) is 4.79. The molecule has 0 spiro atoms. The summed E-state index contributed by atoms with van der Waals surface area (Å²) in [5.41, 5.74) is 1.46. The van der Waals surface area contributed by atoms with E-state index in [1.165, 1.54) is 6.07 Å². The van der Waals surface area contributed by atoms with E-state index in [0.29, 0.717) is 5.69 Å². The number of anilines is 4. The molecular weight excluding hydrogens is 329 g/mol. The van der Waals surface area contributed by atoms with E-state index in [0.717, 1.165) is 16.8 Å². The third kappa shape index (κ3) is 3.85. The van der Waals surface area contributed by atoms with E-state index in [2.05, 4.69) is 38.4 Å². The van der Waals surface area contributed by atoms with Crippen LogP contribution in [-0.4, -0.2) is 9.97 Å². The minimum Gasteiger partial charge on any atom is -0.338 e. The summed E-state index contributed by atoms with van der Waals surface area (Å²) in [5, 5.41) is 8.62. The monoisotopic (exact) mass is 341 g/mol. The molecule has 0 aliphatic heterocycles. The van der Waals surface area contributed by atoms with E-state index < -0.39 is 5.82 Å². The third-order valence-electron chi connectivity index (χ3n) is 3.06. The van der Waals surface area contributed by atoms with E-state index >= 15 is 0 Å². The average Bonchev–Trinajstić information content (AvgIpc) is 2.58. The summed E-state index contributed by atoms with van der Waals surface area (Å²) < 4.78 is 13.9. The van der Waals surface area contributed by atoms with Crippen molar-refractivity contribution in [2.45, 2.75) is 4.90 Å². The van der Waals surface area contributed by atoms with Crippen molar-refractivity contribution in [2.24, 2.45) is 5.18 Å². The van der Waals surface area contributed by atoms with Crippen LogP contribution in [0.5, 0.6) is 0 Å². The van der Waals surface area contributed by atoms with Gasteiger partial charge in [-0.2, -0.15) is 4.98 Å². The molecule has 3 aromatic rings. The number of hydrogen-bond acceptors (Lipinski definition) is 7. The SMILES string of the molecule is O=Nc1cccc(Nc2nc(Nc3cccc(S)c3)ncc2F)c1. The second-order valence-electron chi connectivity index (χ2n) is 4.83. The van der Waals surface area contributed by atoms with E-state index in [9.17, 15) is 9.30 Å². The Balaban J connectivity index is 1.84. The average molecular weight is 341 g/mol. The summed E-state index contributed by atoms with van der Waals surface area (Å²) in [6.45, 7) is 0. The van der Waals surface area contributed by atoms with Gasteiger partial charge in [-0.15, -0.1) is 17.5 Å². The van der Waals surface area contributed by atoms with Gasteiger partial charge in [0.15, 0.2) is 11.6 Å². The molecular formula is C16H12FN5OS. The molecule has 2 aromatic carbocycles. The molecule has 24 heavy (non-hydrogen) atoms. The molecule has 2 N–H and O–H groups in total. The molecule has 6 nitrogen and oxygen atoms in total. The van der Waals surface area contributed by atoms with Crippen LogP contribution in [0.3, 0.4) is 0 Å². The minimum absolute atomic E-state index is 0.0161. The van der Waals surface area contributed by atoms with Crippen molar-refractivity contribution in [3.63, 3.8) is 0 Å². The highest BCUT2D eigenvalue weighted by molar-refractivity contribution is 7.80. The maximum absolute atomic E-state index is 13.9. The second kappa shape index (κ2) is 7.05. The highest BCUT2D eigenvalue weighted by atomic mass is 32.1. The summed E-state index contributed by atoms with van der Waals surface area (Å²) in [6.07, 6.45) is 1.06. The van der Waals surface area contributed by atoms with Crippen molar-refractivity contribution in [3.05, 3.63) is 65.5 Å². The van der Waals surface area contributed by atoms with E-state index in [4.69, 9.17) is 0 Å². The molecule has 0 radical (unpaired) electrons. The Morgan fingerprint density at radius 1 is 1.04 bits per heavy atom. The standard InChI is InChI=1S/C16H12FN5OS/c17-14-9-18-16(20-11-4-2-6-13(24)8-11)21-15(14)19-10-3-1-5-12(7-10)22-23/h1-9,24H,(H2,18,19,20,21). The van der Waals surface area contributed by atoms with Crippen LogP contribution in [0.4, 0.5) is 33.2 Å². The van der Waals surface area contributed by atoms with Crippen LogP contribution in [0.1, 0.15) is 0 Å². The number of halogens is 1. The van der Waals surface area contributed by atoms with Crippen LogP contribution >= 0.6 is 12.6 Å². The zero-order chi connectivity index (χ0) is 16.9.